The molecule has 6 rings (SSSR count). The summed E-state index contributed by atoms with van der Waals surface area (Å²) >= 11 is 1.45. The van der Waals surface area contributed by atoms with Gasteiger partial charge in [0.15, 0.2) is 0 Å². The number of aromatic nitrogens is 2. The zero-order valence-electron chi connectivity index (χ0n) is 18.9. The molecule has 1 saturated carbocycles. The highest BCUT2D eigenvalue weighted by molar-refractivity contribution is 7.18. The lowest BCUT2D eigenvalue weighted by atomic mass is 9.84. The van der Waals surface area contributed by atoms with E-state index in [4.69, 9.17) is 14.2 Å². The van der Waals surface area contributed by atoms with E-state index in [2.05, 4.69) is 9.97 Å². The van der Waals surface area contributed by atoms with Crippen molar-refractivity contribution in [2.45, 2.75) is 38.4 Å². The minimum Gasteiger partial charge on any atom is -0.472 e. The number of fused-ring (bicyclic) bond motifs is 3. The fraction of sp³-hybridized carbons (Fsp3) is 0.480. The third kappa shape index (κ3) is 3.90. The molecule has 1 amide bonds. The molecule has 0 spiro atoms. The molecular formula is C25H26FN3O4S. The van der Waals surface area contributed by atoms with Crippen LogP contribution in [0.5, 0.6) is 5.88 Å². The lowest BCUT2D eigenvalue weighted by Gasteiger charge is -2.46. The van der Waals surface area contributed by atoms with Crippen molar-refractivity contribution < 1.29 is 23.4 Å². The van der Waals surface area contributed by atoms with Crippen LogP contribution in [0.25, 0.3) is 21.3 Å². The van der Waals surface area contributed by atoms with E-state index < -0.39 is 0 Å². The average molecular weight is 484 g/mol. The summed E-state index contributed by atoms with van der Waals surface area (Å²) < 4.78 is 33.3. The second kappa shape index (κ2) is 8.78. The first-order chi connectivity index (χ1) is 16.6. The van der Waals surface area contributed by atoms with Crippen molar-refractivity contribution in [1.82, 2.24) is 14.9 Å². The van der Waals surface area contributed by atoms with Crippen molar-refractivity contribution in [3.05, 3.63) is 41.3 Å². The van der Waals surface area contributed by atoms with Gasteiger partial charge in [0.2, 0.25) is 5.88 Å². The molecule has 2 bridgehead atoms. The highest BCUT2D eigenvalue weighted by atomic mass is 32.1. The van der Waals surface area contributed by atoms with E-state index >= 15 is 0 Å². The van der Waals surface area contributed by atoms with Crippen LogP contribution in [0, 0.1) is 24.6 Å². The minimum atomic E-state index is -0.270. The first kappa shape index (κ1) is 21.7. The number of aryl methyl sites for hydroxylation is 1. The Morgan fingerprint density at radius 3 is 2.68 bits per heavy atom. The maximum Gasteiger partial charge on any atom is 0.410 e. The van der Waals surface area contributed by atoms with Gasteiger partial charge >= 0.3 is 6.09 Å². The van der Waals surface area contributed by atoms with Crippen molar-refractivity contribution in [1.29, 1.82) is 0 Å². The Bertz CT molecular complexity index is 1220. The second-order valence-corrected chi connectivity index (χ2v) is 10.4. The number of carbonyl (C=O) groups is 1. The van der Waals surface area contributed by atoms with Gasteiger partial charge in [0.1, 0.15) is 29.1 Å². The number of likely N-dealkylation sites (tertiary alicyclic amines) is 1. The van der Waals surface area contributed by atoms with Gasteiger partial charge in [0, 0.05) is 41.4 Å². The number of ether oxygens (including phenoxy) is 3. The molecule has 3 fully saturated rings. The minimum absolute atomic E-state index is 0.0282. The first-order valence-corrected chi connectivity index (χ1v) is 12.6. The summed E-state index contributed by atoms with van der Waals surface area (Å²) in [5.74, 6) is 0.288. The number of amides is 1. The molecule has 1 aromatic carbocycles. The van der Waals surface area contributed by atoms with Crippen molar-refractivity contribution in [2.75, 3.05) is 26.3 Å². The molecule has 2 aliphatic heterocycles. The number of halogens is 1. The number of nitrogens with zero attached hydrogens (tertiary/aromatic N) is 3. The van der Waals surface area contributed by atoms with Gasteiger partial charge in [-0.05, 0) is 37.8 Å². The maximum atomic E-state index is 14.7. The SMILES string of the molecule is Cc1ccc(-c2csc3c(OC4C5COCC4CN(C(=O)OC4CCC4)C5)ncnc23)c(F)c1. The van der Waals surface area contributed by atoms with E-state index in [1.54, 1.807) is 11.0 Å². The summed E-state index contributed by atoms with van der Waals surface area (Å²) in [6.45, 7) is 3.97. The molecule has 2 unspecified atom stereocenters. The molecule has 2 atom stereocenters. The van der Waals surface area contributed by atoms with E-state index in [0.717, 1.165) is 35.1 Å². The Kier molecular flexibility index (Phi) is 5.61. The Morgan fingerprint density at radius 1 is 1.18 bits per heavy atom. The lowest BCUT2D eigenvalue weighted by molar-refractivity contribution is -0.112. The lowest BCUT2D eigenvalue weighted by Crippen LogP contribution is -2.59. The number of thiophene rings is 1. The van der Waals surface area contributed by atoms with Gasteiger partial charge in [-0.3, -0.25) is 0 Å². The monoisotopic (exact) mass is 483 g/mol. The molecule has 9 heteroatoms. The molecule has 3 aromatic rings. The Labute approximate surface area is 200 Å². The van der Waals surface area contributed by atoms with Gasteiger partial charge in [-0.15, -0.1) is 11.3 Å². The van der Waals surface area contributed by atoms with Crippen LogP contribution in [-0.4, -0.2) is 59.5 Å². The Balaban J connectivity index is 1.24. The number of hydrogen-bond acceptors (Lipinski definition) is 7. The third-order valence-electron chi connectivity index (χ3n) is 7.06. The summed E-state index contributed by atoms with van der Waals surface area (Å²) in [7, 11) is 0. The maximum absolute atomic E-state index is 14.7. The van der Waals surface area contributed by atoms with Gasteiger partial charge < -0.3 is 19.1 Å². The number of rotatable bonds is 4. The molecule has 2 aromatic heterocycles. The van der Waals surface area contributed by atoms with Crippen LogP contribution in [0.3, 0.4) is 0 Å². The molecule has 2 saturated heterocycles. The third-order valence-corrected chi connectivity index (χ3v) is 8.02. The summed E-state index contributed by atoms with van der Waals surface area (Å²) in [5, 5.41) is 1.91. The molecule has 4 heterocycles. The first-order valence-electron chi connectivity index (χ1n) is 11.8. The van der Waals surface area contributed by atoms with E-state index in [0.29, 0.717) is 43.3 Å². The molecule has 0 radical (unpaired) electrons. The van der Waals surface area contributed by atoms with Gasteiger partial charge in [-0.2, -0.15) is 0 Å². The highest BCUT2D eigenvalue weighted by Gasteiger charge is 2.44. The van der Waals surface area contributed by atoms with Gasteiger partial charge in [-0.1, -0.05) is 12.1 Å². The molecule has 34 heavy (non-hydrogen) atoms. The molecular weight excluding hydrogens is 457 g/mol. The zero-order chi connectivity index (χ0) is 23.2. The fourth-order valence-electron chi connectivity index (χ4n) is 5.02. The average Bonchev–Trinajstić information content (AvgIpc) is 3.21. The predicted octanol–water partition coefficient (Wildman–Crippen LogP) is 4.82. The number of benzene rings is 1. The topological polar surface area (TPSA) is 73.8 Å². The van der Waals surface area contributed by atoms with Crippen LogP contribution >= 0.6 is 11.3 Å². The van der Waals surface area contributed by atoms with Gasteiger partial charge in [-0.25, -0.2) is 19.2 Å². The van der Waals surface area contributed by atoms with E-state index in [1.807, 2.05) is 18.4 Å². The van der Waals surface area contributed by atoms with Crippen LogP contribution in [-0.2, 0) is 9.47 Å². The van der Waals surface area contributed by atoms with Crippen LogP contribution in [0.1, 0.15) is 24.8 Å². The van der Waals surface area contributed by atoms with Crippen LogP contribution in [0.15, 0.2) is 29.9 Å². The highest BCUT2D eigenvalue weighted by Crippen LogP contribution is 2.40. The van der Waals surface area contributed by atoms with Crippen molar-refractivity contribution >= 4 is 27.6 Å². The molecule has 3 aliphatic rings. The standard InChI is InChI=1S/C25H26FN3O4S/c1-14-5-6-18(20(26)7-14)19-12-34-23-21(19)27-13-28-24(23)33-22-15-8-29(9-16(22)11-31-10-15)25(30)32-17-3-2-4-17/h5-7,12-13,15-17,22H,2-4,8-11H2,1H3. The van der Waals surface area contributed by atoms with Crippen molar-refractivity contribution in [3.63, 3.8) is 0 Å². The summed E-state index contributed by atoms with van der Waals surface area (Å²) in [5.41, 5.74) is 2.81. The van der Waals surface area contributed by atoms with Crippen LogP contribution < -0.4 is 4.74 Å². The normalized spacial score (nSPS) is 24.6. The molecule has 178 valence electrons. The van der Waals surface area contributed by atoms with Crippen molar-refractivity contribution in [3.8, 4) is 17.0 Å². The Hall–Kier alpha value is -2.78. The van der Waals surface area contributed by atoms with Gasteiger partial charge in [0.05, 0.1) is 18.7 Å². The molecule has 0 N–H and O–H groups in total. The zero-order valence-corrected chi connectivity index (χ0v) is 19.7. The van der Waals surface area contributed by atoms with E-state index in [1.165, 1.54) is 23.7 Å². The fourth-order valence-corrected chi connectivity index (χ4v) is 5.97. The smallest absolute Gasteiger partial charge is 0.410 e. The largest absolute Gasteiger partial charge is 0.472 e. The van der Waals surface area contributed by atoms with Crippen LogP contribution in [0.2, 0.25) is 0 Å². The number of piperidine rings is 1. The number of hydrogen-bond donors (Lipinski definition) is 0. The van der Waals surface area contributed by atoms with E-state index in [9.17, 15) is 9.18 Å². The van der Waals surface area contributed by atoms with Gasteiger partial charge in [0.25, 0.3) is 0 Å². The summed E-state index contributed by atoms with van der Waals surface area (Å²) in [4.78, 5) is 23.3. The second-order valence-electron chi connectivity index (χ2n) is 9.47. The summed E-state index contributed by atoms with van der Waals surface area (Å²) in [6.07, 6.45) is 4.23. The molecule has 7 nitrogen and oxygen atoms in total. The van der Waals surface area contributed by atoms with Crippen molar-refractivity contribution in [2.24, 2.45) is 11.8 Å². The molecule has 1 aliphatic carbocycles. The predicted molar refractivity (Wildman–Crippen MR) is 125 cm³/mol. The van der Waals surface area contributed by atoms with Crippen LogP contribution in [0.4, 0.5) is 9.18 Å². The quantitative estimate of drug-likeness (QED) is 0.530. The Morgan fingerprint density at radius 2 is 1.97 bits per heavy atom. The number of carbonyl (C=O) groups excluding carboxylic acids is 1. The summed E-state index contributed by atoms with van der Waals surface area (Å²) in [6, 6.07) is 5.21. The van der Waals surface area contributed by atoms with E-state index in [-0.39, 0.29) is 36.0 Å².